The van der Waals surface area contributed by atoms with Gasteiger partial charge in [0, 0.05) is 50.5 Å². The minimum Gasteiger partial charge on any atom is -0.340 e. The molecule has 0 spiro atoms. The summed E-state index contributed by atoms with van der Waals surface area (Å²) in [6, 6.07) is 10.9. The molecule has 1 atom stereocenters. The van der Waals surface area contributed by atoms with Gasteiger partial charge in [-0.15, -0.1) is 0 Å². The van der Waals surface area contributed by atoms with Crippen LogP contribution in [0.1, 0.15) is 57.8 Å². The standard InChI is InChI=1S/C22H32N4O2/c1-5-18-16-26(14-13-25(18)15-17-9-7-6-8-10-17)20(27)12-11-19-23-21(24-28-19)22(2,3)4/h6-10,18H,5,11-16H2,1-4H3. The van der Waals surface area contributed by atoms with Crippen molar-refractivity contribution in [3.8, 4) is 0 Å². The van der Waals surface area contributed by atoms with E-state index in [1.54, 1.807) is 0 Å². The Morgan fingerprint density at radius 2 is 1.96 bits per heavy atom. The fourth-order valence-electron chi connectivity index (χ4n) is 3.57. The van der Waals surface area contributed by atoms with E-state index in [1.807, 2.05) is 31.7 Å². The average Bonchev–Trinajstić information content (AvgIpc) is 3.17. The highest BCUT2D eigenvalue weighted by Gasteiger charge is 2.28. The Kier molecular flexibility index (Phi) is 6.50. The van der Waals surface area contributed by atoms with Gasteiger partial charge in [0.2, 0.25) is 11.8 Å². The zero-order valence-electron chi connectivity index (χ0n) is 17.5. The predicted molar refractivity (Wildman–Crippen MR) is 109 cm³/mol. The SMILES string of the molecule is CCC1CN(C(=O)CCc2nc(C(C)(C)C)no2)CCN1Cc1ccccc1. The van der Waals surface area contributed by atoms with Gasteiger partial charge in [-0.1, -0.05) is 63.2 Å². The normalized spacial score (nSPS) is 18.4. The summed E-state index contributed by atoms with van der Waals surface area (Å²) in [6.45, 7) is 11.8. The van der Waals surface area contributed by atoms with Crippen molar-refractivity contribution in [1.29, 1.82) is 0 Å². The largest absolute Gasteiger partial charge is 0.340 e. The summed E-state index contributed by atoms with van der Waals surface area (Å²) in [5, 5.41) is 4.04. The third kappa shape index (κ3) is 5.19. The topological polar surface area (TPSA) is 62.5 Å². The molecule has 2 aromatic rings. The molecule has 0 saturated carbocycles. The number of carbonyl (C=O) groups excluding carboxylic acids is 1. The molecule has 3 rings (SSSR count). The summed E-state index contributed by atoms with van der Waals surface area (Å²) in [5.41, 5.74) is 1.18. The van der Waals surface area contributed by atoms with Crippen molar-refractivity contribution in [3.05, 3.63) is 47.6 Å². The van der Waals surface area contributed by atoms with Crippen molar-refractivity contribution < 1.29 is 9.32 Å². The third-order valence-electron chi connectivity index (χ3n) is 5.35. The molecule has 0 radical (unpaired) electrons. The monoisotopic (exact) mass is 384 g/mol. The van der Waals surface area contributed by atoms with Gasteiger partial charge in [-0.25, -0.2) is 0 Å². The van der Waals surface area contributed by atoms with Crippen LogP contribution in [0.25, 0.3) is 0 Å². The molecule has 152 valence electrons. The van der Waals surface area contributed by atoms with Crippen LogP contribution in [0, 0.1) is 0 Å². The lowest BCUT2D eigenvalue weighted by atomic mass is 9.96. The molecular weight excluding hydrogens is 352 g/mol. The molecule has 1 unspecified atom stereocenters. The molecule has 1 aromatic heterocycles. The molecule has 1 aliphatic rings. The second kappa shape index (κ2) is 8.86. The first-order valence-electron chi connectivity index (χ1n) is 10.3. The predicted octanol–water partition coefficient (Wildman–Crippen LogP) is 3.42. The van der Waals surface area contributed by atoms with Crippen molar-refractivity contribution in [3.63, 3.8) is 0 Å². The molecule has 1 aromatic carbocycles. The molecular formula is C22H32N4O2. The van der Waals surface area contributed by atoms with Gasteiger partial charge in [0.1, 0.15) is 0 Å². The zero-order chi connectivity index (χ0) is 20.1. The third-order valence-corrected chi connectivity index (χ3v) is 5.35. The van der Waals surface area contributed by atoms with E-state index in [0.29, 0.717) is 30.6 Å². The van der Waals surface area contributed by atoms with Crippen LogP contribution < -0.4 is 0 Å². The van der Waals surface area contributed by atoms with Gasteiger partial charge < -0.3 is 9.42 Å². The van der Waals surface area contributed by atoms with E-state index in [-0.39, 0.29) is 11.3 Å². The Balaban J connectivity index is 1.52. The van der Waals surface area contributed by atoms with E-state index in [1.165, 1.54) is 5.56 Å². The smallest absolute Gasteiger partial charge is 0.227 e. The molecule has 0 bridgehead atoms. The van der Waals surface area contributed by atoms with E-state index in [9.17, 15) is 4.79 Å². The van der Waals surface area contributed by atoms with E-state index in [4.69, 9.17) is 4.52 Å². The van der Waals surface area contributed by atoms with E-state index < -0.39 is 0 Å². The molecule has 6 heteroatoms. The van der Waals surface area contributed by atoms with Gasteiger partial charge in [0.05, 0.1) is 0 Å². The second-order valence-corrected chi connectivity index (χ2v) is 8.62. The number of carbonyl (C=O) groups is 1. The maximum Gasteiger partial charge on any atom is 0.227 e. The molecule has 1 fully saturated rings. The van der Waals surface area contributed by atoms with Gasteiger partial charge in [-0.2, -0.15) is 4.98 Å². The number of nitrogens with zero attached hydrogens (tertiary/aromatic N) is 4. The van der Waals surface area contributed by atoms with Gasteiger partial charge in [0.15, 0.2) is 5.82 Å². The quantitative estimate of drug-likeness (QED) is 0.764. The van der Waals surface area contributed by atoms with Gasteiger partial charge >= 0.3 is 0 Å². The first-order chi connectivity index (χ1) is 13.4. The molecule has 28 heavy (non-hydrogen) atoms. The van der Waals surface area contributed by atoms with E-state index >= 15 is 0 Å². The van der Waals surface area contributed by atoms with Gasteiger partial charge in [-0.3, -0.25) is 9.69 Å². The van der Waals surface area contributed by atoms with Crippen LogP contribution >= 0.6 is 0 Å². The van der Waals surface area contributed by atoms with E-state index in [0.717, 1.165) is 32.6 Å². The number of amides is 1. The fourth-order valence-corrected chi connectivity index (χ4v) is 3.57. The summed E-state index contributed by atoms with van der Waals surface area (Å²) in [7, 11) is 0. The highest BCUT2D eigenvalue weighted by molar-refractivity contribution is 5.76. The number of hydrogen-bond acceptors (Lipinski definition) is 5. The molecule has 2 heterocycles. The Labute approximate surface area is 167 Å². The fraction of sp³-hybridized carbons (Fsp3) is 0.591. The lowest BCUT2D eigenvalue weighted by Crippen LogP contribution is -2.54. The van der Waals surface area contributed by atoms with Crippen LogP contribution in [0.15, 0.2) is 34.9 Å². The van der Waals surface area contributed by atoms with Crippen molar-refractivity contribution in [1.82, 2.24) is 19.9 Å². The molecule has 1 aliphatic heterocycles. The first-order valence-corrected chi connectivity index (χ1v) is 10.3. The maximum atomic E-state index is 12.7. The number of piperazine rings is 1. The molecule has 6 nitrogen and oxygen atoms in total. The number of benzene rings is 1. The van der Waals surface area contributed by atoms with Crippen LogP contribution in [-0.4, -0.2) is 51.5 Å². The summed E-state index contributed by atoms with van der Waals surface area (Å²) in [4.78, 5) is 21.6. The van der Waals surface area contributed by atoms with Crippen molar-refractivity contribution in [2.45, 2.75) is 65.0 Å². The molecule has 0 N–H and O–H groups in total. The summed E-state index contributed by atoms with van der Waals surface area (Å²) in [6.07, 6.45) is 1.96. The van der Waals surface area contributed by atoms with Crippen LogP contribution in [0.4, 0.5) is 0 Å². The van der Waals surface area contributed by atoms with Crippen LogP contribution in [0.2, 0.25) is 0 Å². The van der Waals surface area contributed by atoms with Crippen molar-refractivity contribution >= 4 is 5.91 Å². The highest BCUT2D eigenvalue weighted by Crippen LogP contribution is 2.20. The van der Waals surface area contributed by atoms with Crippen molar-refractivity contribution in [2.24, 2.45) is 0 Å². The number of aromatic nitrogens is 2. The van der Waals surface area contributed by atoms with Crippen LogP contribution in [0.3, 0.4) is 0 Å². The number of aryl methyl sites for hydroxylation is 1. The zero-order valence-corrected chi connectivity index (χ0v) is 17.5. The first kappa shape index (κ1) is 20.5. The Hall–Kier alpha value is -2.21. The highest BCUT2D eigenvalue weighted by atomic mass is 16.5. The summed E-state index contributed by atoms with van der Waals surface area (Å²) in [5.74, 6) is 1.41. The van der Waals surface area contributed by atoms with E-state index in [2.05, 4.69) is 46.2 Å². The minimum absolute atomic E-state index is 0.144. The lowest BCUT2D eigenvalue weighted by Gasteiger charge is -2.41. The van der Waals surface area contributed by atoms with Gasteiger partial charge in [0.25, 0.3) is 0 Å². The minimum atomic E-state index is -0.144. The molecule has 0 aliphatic carbocycles. The van der Waals surface area contributed by atoms with Crippen LogP contribution in [0.5, 0.6) is 0 Å². The maximum absolute atomic E-state index is 12.7. The Morgan fingerprint density at radius 3 is 2.61 bits per heavy atom. The summed E-state index contributed by atoms with van der Waals surface area (Å²) >= 11 is 0. The Bertz CT molecular complexity index is 766. The molecule has 1 amide bonds. The molecule has 1 saturated heterocycles. The van der Waals surface area contributed by atoms with Crippen molar-refractivity contribution in [2.75, 3.05) is 19.6 Å². The lowest BCUT2D eigenvalue weighted by molar-refractivity contribution is -0.134. The average molecular weight is 385 g/mol. The van der Waals surface area contributed by atoms with Crippen LogP contribution in [-0.2, 0) is 23.2 Å². The number of hydrogen-bond donors (Lipinski definition) is 0. The second-order valence-electron chi connectivity index (χ2n) is 8.62. The van der Waals surface area contributed by atoms with Gasteiger partial charge in [-0.05, 0) is 12.0 Å². The Morgan fingerprint density at radius 1 is 1.21 bits per heavy atom. The summed E-state index contributed by atoms with van der Waals surface area (Å²) < 4.78 is 5.31. The number of rotatable bonds is 6.